The van der Waals surface area contributed by atoms with Crippen LogP contribution in [0.3, 0.4) is 0 Å². The lowest BCUT2D eigenvalue weighted by Gasteiger charge is -2.34. The second-order valence-corrected chi connectivity index (χ2v) is 4.26. The van der Waals surface area contributed by atoms with Crippen LogP contribution in [0.4, 0.5) is 14.9 Å². The summed E-state index contributed by atoms with van der Waals surface area (Å²) >= 11 is 5.71. The fourth-order valence-corrected chi connectivity index (χ4v) is 2.01. The highest BCUT2D eigenvalue weighted by Crippen LogP contribution is 2.23. The van der Waals surface area contributed by atoms with Crippen molar-refractivity contribution in [3.8, 4) is 0 Å². The average molecular weight is 259 g/mol. The Kier molecular flexibility index (Phi) is 3.38. The molecule has 1 heterocycles. The van der Waals surface area contributed by atoms with Crippen LogP contribution < -0.4 is 4.90 Å². The van der Waals surface area contributed by atoms with Crippen molar-refractivity contribution in [2.45, 2.75) is 0 Å². The van der Waals surface area contributed by atoms with Gasteiger partial charge in [0.05, 0.1) is 5.02 Å². The molecule has 1 amide bonds. The number of hydrogen-bond acceptors (Lipinski definition) is 2. The molecule has 92 valence electrons. The Morgan fingerprint density at radius 2 is 1.94 bits per heavy atom. The Morgan fingerprint density at radius 1 is 1.29 bits per heavy atom. The van der Waals surface area contributed by atoms with E-state index in [-0.39, 0.29) is 5.02 Å². The van der Waals surface area contributed by atoms with Crippen LogP contribution in [0.25, 0.3) is 0 Å². The lowest BCUT2D eigenvalue weighted by Crippen LogP contribution is -2.48. The summed E-state index contributed by atoms with van der Waals surface area (Å²) in [6, 6.07) is 4.53. The number of nitrogens with zero attached hydrogens (tertiary/aromatic N) is 2. The minimum Gasteiger partial charge on any atom is -0.465 e. The van der Waals surface area contributed by atoms with E-state index in [1.54, 1.807) is 12.1 Å². The van der Waals surface area contributed by atoms with Crippen LogP contribution in [0.5, 0.6) is 0 Å². The second kappa shape index (κ2) is 4.79. The van der Waals surface area contributed by atoms with E-state index in [4.69, 9.17) is 16.7 Å². The van der Waals surface area contributed by atoms with Gasteiger partial charge in [-0.1, -0.05) is 11.6 Å². The van der Waals surface area contributed by atoms with Gasteiger partial charge in [0.25, 0.3) is 0 Å². The summed E-state index contributed by atoms with van der Waals surface area (Å²) in [4.78, 5) is 14.1. The Labute approximate surface area is 103 Å². The Balaban J connectivity index is 2.05. The molecule has 6 heteroatoms. The van der Waals surface area contributed by atoms with E-state index in [1.807, 2.05) is 4.90 Å². The maximum Gasteiger partial charge on any atom is 0.407 e. The normalized spacial score (nSPS) is 16.1. The van der Waals surface area contributed by atoms with Gasteiger partial charge >= 0.3 is 6.09 Å². The van der Waals surface area contributed by atoms with E-state index in [1.165, 1.54) is 11.0 Å². The first kappa shape index (κ1) is 12.0. The number of carbonyl (C=O) groups is 1. The fraction of sp³-hybridized carbons (Fsp3) is 0.364. The van der Waals surface area contributed by atoms with Gasteiger partial charge in [0.15, 0.2) is 0 Å². The predicted octanol–water partition coefficient (Wildman–Crippen LogP) is 2.28. The molecule has 0 radical (unpaired) electrons. The summed E-state index contributed by atoms with van der Waals surface area (Å²) in [6.45, 7) is 2.08. The van der Waals surface area contributed by atoms with Gasteiger partial charge < -0.3 is 14.9 Å². The molecule has 0 unspecified atom stereocenters. The van der Waals surface area contributed by atoms with Gasteiger partial charge in [0.1, 0.15) is 5.82 Å². The number of hydrogen-bond donors (Lipinski definition) is 1. The van der Waals surface area contributed by atoms with Crippen LogP contribution in [0.2, 0.25) is 5.02 Å². The zero-order valence-electron chi connectivity index (χ0n) is 9.07. The lowest BCUT2D eigenvalue weighted by atomic mass is 10.2. The van der Waals surface area contributed by atoms with E-state index in [9.17, 15) is 9.18 Å². The highest BCUT2D eigenvalue weighted by molar-refractivity contribution is 6.31. The van der Waals surface area contributed by atoms with Gasteiger partial charge in [0, 0.05) is 31.9 Å². The summed E-state index contributed by atoms with van der Waals surface area (Å²) in [5, 5.41) is 8.90. The molecule has 1 saturated heterocycles. The van der Waals surface area contributed by atoms with E-state index in [0.717, 1.165) is 5.69 Å². The molecule has 1 aliphatic rings. The summed E-state index contributed by atoms with van der Waals surface area (Å²) in [6.07, 6.45) is -0.901. The highest BCUT2D eigenvalue weighted by Gasteiger charge is 2.20. The first-order valence-electron chi connectivity index (χ1n) is 5.26. The summed E-state index contributed by atoms with van der Waals surface area (Å²) in [5.41, 5.74) is 0.821. The molecule has 17 heavy (non-hydrogen) atoms. The molecule has 2 rings (SSSR count). The molecule has 0 aromatic heterocycles. The van der Waals surface area contributed by atoms with Crippen LogP contribution >= 0.6 is 11.6 Å². The van der Waals surface area contributed by atoms with E-state index in [2.05, 4.69) is 0 Å². The van der Waals surface area contributed by atoms with E-state index < -0.39 is 11.9 Å². The Bertz CT molecular complexity index is 433. The summed E-state index contributed by atoms with van der Waals surface area (Å²) in [5.74, 6) is -0.445. The van der Waals surface area contributed by atoms with Crippen LogP contribution in [0.1, 0.15) is 0 Å². The summed E-state index contributed by atoms with van der Waals surface area (Å²) in [7, 11) is 0. The lowest BCUT2D eigenvalue weighted by molar-refractivity contribution is 0.142. The molecule has 0 spiro atoms. The van der Waals surface area contributed by atoms with Crippen LogP contribution in [-0.4, -0.2) is 42.3 Å². The van der Waals surface area contributed by atoms with Crippen molar-refractivity contribution in [3.05, 3.63) is 29.0 Å². The van der Waals surface area contributed by atoms with Gasteiger partial charge in [-0.15, -0.1) is 0 Å². The number of benzene rings is 1. The third-order valence-corrected chi connectivity index (χ3v) is 3.11. The molecular formula is C11H12ClFN2O2. The van der Waals surface area contributed by atoms with Crippen LogP contribution in [-0.2, 0) is 0 Å². The predicted molar refractivity (Wildman–Crippen MR) is 63.2 cm³/mol. The summed E-state index contributed by atoms with van der Waals surface area (Å²) < 4.78 is 13.0. The molecule has 1 aliphatic heterocycles. The molecule has 0 bridgehead atoms. The minimum atomic E-state index is -0.901. The Morgan fingerprint density at radius 3 is 2.47 bits per heavy atom. The minimum absolute atomic E-state index is 0.0863. The van der Waals surface area contributed by atoms with Crippen molar-refractivity contribution >= 4 is 23.4 Å². The number of halogens is 2. The van der Waals surface area contributed by atoms with Crippen molar-refractivity contribution in [1.82, 2.24) is 4.90 Å². The van der Waals surface area contributed by atoms with E-state index >= 15 is 0 Å². The number of anilines is 1. The van der Waals surface area contributed by atoms with Gasteiger partial charge in [-0.05, 0) is 18.2 Å². The van der Waals surface area contributed by atoms with Crippen molar-refractivity contribution in [2.24, 2.45) is 0 Å². The molecule has 1 N–H and O–H groups in total. The highest BCUT2D eigenvalue weighted by atomic mass is 35.5. The maximum atomic E-state index is 13.0. The maximum absolute atomic E-state index is 13.0. The molecule has 1 aromatic carbocycles. The van der Waals surface area contributed by atoms with Gasteiger partial charge in [-0.25, -0.2) is 9.18 Å². The third kappa shape index (κ3) is 2.61. The quantitative estimate of drug-likeness (QED) is 0.840. The first-order chi connectivity index (χ1) is 8.08. The van der Waals surface area contributed by atoms with Gasteiger partial charge in [-0.2, -0.15) is 0 Å². The first-order valence-corrected chi connectivity index (χ1v) is 5.63. The standard InChI is InChI=1S/C11H12ClFN2O2/c12-9-7-8(1-2-10(9)13)14-3-5-15(6-4-14)11(16)17/h1-2,7H,3-6H2,(H,16,17). The topological polar surface area (TPSA) is 43.8 Å². The third-order valence-electron chi connectivity index (χ3n) is 2.82. The fourth-order valence-electron chi connectivity index (χ4n) is 1.84. The molecule has 0 saturated carbocycles. The number of piperazine rings is 1. The number of rotatable bonds is 1. The molecule has 0 aliphatic carbocycles. The van der Waals surface area contributed by atoms with Crippen molar-refractivity contribution in [1.29, 1.82) is 0 Å². The second-order valence-electron chi connectivity index (χ2n) is 3.86. The van der Waals surface area contributed by atoms with Crippen molar-refractivity contribution in [3.63, 3.8) is 0 Å². The van der Waals surface area contributed by atoms with E-state index in [0.29, 0.717) is 26.2 Å². The molecular weight excluding hydrogens is 247 g/mol. The Hall–Kier alpha value is -1.49. The SMILES string of the molecule is O=C(O)N1CCN(c2ccc(F)c(Cl)c2)CC1. The smallest absolute Gasteiger partial charge is 0.407 e. The zero-order valence-corrected chi connectivity index (χ0v) is 9.82. The van der Waals surface area contributed by atoms with Crippen LogP contribution in [0.15, 0.2) is 18.2 Å². The number of carboxylic acid groups (broad SMARTS) is 1. The zero-order chi connectivity index (χ0) is 12.4. The molecule has 0 atom stereocenters. The monoisotopic (exact) mass is 258 g/mol. The average Bonchev–Trinajstić information content (AvgIpc) is 2.33. The molecule has 1 fully saturated rings. The number of amides is 1. The van der Waals surface area contributed by atoms with Crippen molar-refractivity contribution in [2.75, 3.05) is 31.1 Å². The van der Waals surface area contributed by atoms with Gasteiger partial charge in [0.2, 0.25) is 0 Å². The largest absolute Gasteiger partial charge is 0.465 e. The van der Waals surface area contributed by atoms with Crippen molar-refractivity contribution < 1.29 is 14.3 Å². The molecule has 4 nitrogen and oxygen atoms in total. The van der Waals surface area contributed by atoms with Gasteiger partial charge in [-0.3, -0.25) is 0 Å². The van der Waals surface area contributed by atoms with Crippen LogP contribution in [0, 0.1) is 5.82 Å². The molecule has 1 aromatic rings.